The molecule has 0 aromatic heterocycles. The van der Waals surface area contributed by atoms with Crippen molar-refractivity contribution >= 4 is 0 Å². The molecule has 63 valence electrons. The predicted octanol–water partition coefficient (Wildman–Crippen LogP) is 3.26. The smallest absolute Gasteiger partial charge is 0.126 e. The summed E-state index contributed by atoms with van der Waals surface area (Å²) in [6.45, 7) is 7.35. The van der Waals surface area contributed by atoms with Gasteiger partial charge in [-0.25, -0.2) is 4.39 Å². The zero-order chi connectivity index (χ0) is 9.14. The molecule has 0 aliphatic rings. The van der Waals surface area contributed by atoms with Crippen LogP contribution in [0, 0.1) is 18.7 Å². The van der Waals surface area contributed by atoms with Gasteiger partial charge in [-0.1, -0.05) is 25.1 Å². The second-order valence-corrected chi connectivity index (χ2v) is 2.80. The van der Waals surface area contributed by atoms with Gasteiger partial charge in [-0.3, -0.25) is 0 Å². The number of rotatable bonds is 2. The predicted molar refractivity (Wildman–Crippen MR) is 49.4 cm³/mol. The highest BCUT2D eigenvalue weighted by atomic mass is 19.1. The van der Waals surface area contributed by atoms with E-state index >= 15 is 0 Å². The topological polar surface area (TPSA) is 0 Å². The maximum atomic E-state index is 13.0. The van der Waals surface area contributed by atoms with Crippen LogP contribution in [0.2, 0.25) is 0 Å². The van der Waals surface area contributed by atoms with Gasteiger partial charge in [0.25, 0.3) is 0 Å². The van der Waals surface area contributed by atoms with Gasteiger partial charge in [0.1, 0.15) is 5.82 Å². The Labute approximate surface area is 72.7 Å². The largest absolute Gasteiger partial charge is 0.207 e. The van der Waals surface area contributed by atoms with Gasteiger partial charge in [0.05, 0.1) is 0 Å². The Morgan fingerprint density at radius 3 is 2.75 bits per heavy atom. The van der Waals surface area contributed by atoms with Crippen molar-refractivity contribution in [1.29, 1.82) is 0 Å². The Morgan fingerprint density at radius 2 is 2.17 bits per heavy atom. The van der Waals surface area contributed by atoms with E-state index in [4.69, 9.17) is 0 Å². The molecule has 1 aromatic rings. The maximum Gasteiger partial charge on any atom is 0.126 e. The van der Waals surface area contributed by atoms with Gasteiger partial charge in [-0.2, -0.15) is 0 Å². The quantitative estimate of drug-likeness (QED) is 0.627. The zero-order valence-corrected chi connectivity index (χ0v) is 7.39. The van der Waals surface area contributed by atoms with E-state index < -0.39 is 0 Å². The van der Waals surface area contributed by atoms with Gasteiger partial charge in [-0.05, 0) is 24.1 Å². The molecular formula is C11H12F. The molecule has 0 atom stereocenters. The third-order valence-electron chi connectivity index (χ3n) is 2.00. The van der Waals surface area contributed by atoms with Crippen molar-refractivity contribution < 1.29 is 4.39 Å². The molecule has 0 fully saturated rings. The fraction of sp³-hybridized carbons (Fsp3) is 0.182. The van der Waals surface area contributed by atoms with Crippen LogP contribution in [0.3, 0.4) is 0 Å². The fourth-order valence-electron chi connectivity index (χ4n) is 1.14. The summed E-state index contributed by atoms with van der Waals surface area (Å²) in [5.74, 6) is 0.848. The van der Waals surface area contributed by atoms with Crippen molar-refractivity contribution in [2.24, 2.45) is 0 Å². The molecule has 0 saturated carbocycles. The van der Waals surface area contributed by atoms with E-state index in [0.29, 0.717) is 5.56 Å². The van der Waals surface area contributed by atoms with Gasteiger partial charge in [0.2, 0.25) is 0 Å². The van der Waals surface area contributed by atoms with Crippen LogP contribution < -0.4 is 0 Å². The number of hydrogen-bond acceptors (Lipinski definition) is 0. The van der Waals surface area contributed by atoms with Crippen molar-refractivity contribution in [1.82, 2.24) is 0 Å². The van der Waals surface area contributed by atoms with Crippen LogP contribution >= 0.6 is 0 Å². The Morgan fingerprint density at radius 1 is 1.50 bits per heavy atom. The fourth-order valence-corrected chi connectivity index (χ4v) is 1.14. The van der Waals surface area contributed by atoms with Crippen molar-refractivity contribution in [3.63, 3.8) is 0 Å². The van der Waals surface area contributed by atoms with Crippen LogP contribution in [0.4, 0.5) is 4.39 Å². The van der Waals surface area contributed by atoms with Gasteiger partial charge >= 0.3 is 0 Å². The van der Waals surface area contributed by atoms with E-state index in [9.17, 15) is 4.39 Å². The Hall–Kier alpha value is -1.11. The van der Waals surface area contributed by atoms with Gasteiger partial charge in [0.15, 0.2) is 0 Å². The summed E-state index contributed by atoms with van der Waals surface area (Å²) in [5, 5.41) is 0. The lowest BCUT2D eigenvalue weighted by Gasteiger charge is -2.09. The minimum absolute atomic E-state index is 0.159. The molecule has 0 bridgehead atoms. The highest BCUT2D eigenvalue weighted by molar-refractivity contribution is 5.41. The van der Waals surface area contributed by atoms with E-state index in [2.05, 4.69) is 6.58 Å². The molecule has 1 radical (unpaired) electrons. The highest BCUT2D eigenvalue weighted by Crippen LogP contribution is 2.20. The van der Waals surface area contributed by atoms with Crippen molar-refractivity contribution in [3.05, 3.63) is 53.7 Å². The molecule has 0 N–H and O–H groups in total. The Balaban J connectivity index is 3.15. The number of hydrogen-bond donors (Lipinski definition) is 0. The van der Waals surface area contributed by atoms with Crippen molar-refractivity contribution in [2.75, 3.05) is 0 Å². The number of benzene rings is 1. The van der Waals surface area contributed by atoms with Crippen LogP contribution in [0.15, 0.2) is 30.9 Å². The first-order valence-corrected chi connectivity index (χ1v) is 3.88. The first-order chi connectivity index (χ1) is 5.66. The minimum Gasteiger partial charge on any atom is -0.207 e. The second kappa shape index (κ2) is 3.53. The summed E-state index contributed by atoms with van der Waals surface area (Å²) in [4.78, 5) is 0. The summed E-state index contributed by atoms with van der Waals surface area (Å²) in [6, 6.07) is 5.08. The summed E-state index contributed by atoms with van der Waals surface area (Å²) in [6.07, 6.45) is 1.74. The summed E-state index contributed by atoms with van der Waals surface area (Å²) in [5.41, 5.74) is 1.62. The first-order valence-electron chi connectivity index (χ1n) is 3.88. The normalized spacial score (nSPS) is 10.3. The van der Waals surface area contributed by atoms with Crippen molar-refractivity contribution in [3.8, 4) is 0 Å². The van der Waals surface area contributed by atoms with Crippen LogP contribution in [0.25, 0.3) is 0 Å². The average molecular weight is 163 g/mol. The van der Waals surface area contributed by atoms with Crippen LogP contribution in [-0.2, 0) is 0 Å². The number of allylic oxidation sites excluding steroid dienone is 1. The molecule has 0 unspecified atom stereocenters. The van der Waals surface area contributed by atoms with Gasteiger partial charge in [-0.15, -0.1) is 6.58 Å². The average Bonchev–Trinajstić information content (AvgIpc) is 2.08. The van der Waals surface area contributed by atoms with Crippen LogP contribution in [-0.4, -0.2) is 0 Å². The SMILES string of the molecule is C=C[C](C)c1cccc(F)c1C. The van der Waals surface area contributed by atoms with Crippen LogP contribution in [0.5, 0.6) is 0 Å². The second-order valence-electron chi connectivity index (χ2n) is 2.80. The number of halogens is 1. The van der Waals surface area contributed by atoms with E-state index in [1.54, 1.807) is 19.1 Å². The van der Waals surface area contributed by atoms with E-state index in [1.165, 1.54) is 6.07 Å². The van der Waals surface area contributed by atoms with E-state index in [0.717, 1.165) is 11.5 Å². The molecule has 0 nitrogen and oxygen atoms in total. The molecule has 0 spiro atoms. The lowest BCUT2D eigenvalue weighted by molar-refractivity contribution is 0.616. The molecule has 12 heavy (non-hydrogen) atoms. The summed E-state index contributed by atoms with van der Waals surface area (Å²) < 4.78 is 13.0. The summed E-state index contributed by atoms with van der Waals surface area (Å²) in [7, 11) is 0. The lowest BCUT2D eigenvalue weighted by atomic mass is 9.96. The highest BCUT2D eigenvalue weighted by Gasteiger charge is 2.07. The van der Waals surface area contributed by atoms with E-state index in [-0.39, 0.29) is 5.82 Å². The molecule has 0 aliphatic carbocycles. The van der Waals surface area contributed by atoms with Gasteiger partial charge in [0, 0.05) is 5.92 Å². The molecule has 0 heterocycles. The minimum atomic E-state index is -0.159. The Bertz CT molecular complexity index is 289. The first kappa shape index (κ1) is 8.98. The molecule has 1 aromatic carbocycles. The maximum absolute atomic E-state index is 13.0. The Kier molecular flexibility index (Phi) is 2.64. The van der Waals surface area contributed by atoms with Gasteiger partial charge < -0.3 is 0 Å². The van der Waals surface area contributed by atoms with Crippen molar-refractivity contribution in [2.45, 2.75) is 13.8 Å². The zero-order valence-electron chi connectivity index (χ0n) is 7.39. The van der Waals surface area contributed by atoms with Crippen LogP contribution in [0.1, 0.15) is 18.1 Å². The molecule has 0 aliphatic heterocycles. The third kappa shape index (κ3) is 1.55. The molecule has 1 rings (SSSR count). The molecular weight excluding hydrogens is 151 g/mol. The molecule has 0 amide bonds. The lowest BCUT2D eigenvalue weighted by Crippen LogP contribution is -1.95. The standard InChI is InChI=1S/C11H12F/c1-4-8(2)10-6-5-7-11(12)9(10)3/h4-7H,1H2,2-3H3. The van der Waals surface area contributed by atoms with E-state index in [1.807, 2.05) is 13.0 Å². The third-order valence-corrected chi connectivity index (χ3v) is 2.00. The monoisotopic (exact) mass is 163 g/mol. The molecule has 0 saturated heterocycles. The summed E-state index contributed by atoms with van der Waals surface area (Å²) >= 11 is 0. The molecule has 1 heteroatoms.